The summed E-state index contributed by atoms with van der Waals surface area (Å²) in [5.74, 6) is 3.84. The van der Waals surface area contributed by atoms with Crippen molar-refractivity contribution < 1.29 is 9.47 Å². The highest BCUT2D eigenvalue weighted by atomic mass is 35.5. The van der Waals surface area contributed by atoms with E-state index in [0.29, 0.717) is 35.8 Å². The highest BCUT2D eigenvalue weighted by Gasteiger charge is 2.23. The molecule has 9 nitrogen and oxygen atoms in total. The molecular formula is C22H24ClN7O2. The molecule has 1 saturated heterocycles. The molecule has 1 aliphatic rings. The van der Waals surface area contributed by atoms with Crippen LogP contribution in [0.5, 0.6) is 17.4 Å². The molecule has 0 amide bonds. The molecular weight excluding hydrogens is 430 g/mol. The Labute approximate surface area is 191 Å². The monoisotopic (exact) mass is 453 g/mol. The Kier molecular flexibility index (Phi) is 6.38. The molecule has 0 atom stereocenters. The van der Waals surface area contributed by atoms with Gasteiger partial charge in [-0.15, -0.1) is 12.4 Å². The molecule has 32 heavy (non-hydrogen) atoms. The van der Waals surface area contributed by atoms with Gasteiger partial charge >= 0.3 is 0 Å². The number of pyridine rings is 1. The predicted octanol–water partition coefficient (Wildman–Crippen LogP) is 3.66. The molecule has 1 fully saturated rings. The summed E-state index contributed by atoms with van der Waals surface area (Å²) in [6.45, 7) is 2.87. The second-order valence-electron chi connectivity index (χ2n) is 7.73. The number of anilines is 2. The molecule has 1 N–H and O–H groups in total. The van der Waals surface area contributed by atoms with Gasteiger partial charge in [0.25, 0.3) is 0 Å². The topological polar surface area (TPSA) is 90.2 Å². The zero-order valence-electron chi connectivity index (χ0n) is 17.8. The predicted molar refractivity (Wildman–Crippen MR) is 124 cm³/mol. The number of ether oxygens (including phenoxy) is 2. The average molecular weight is 454 g/mol. The van der Waals surface area contributed by atoms with Crippen LogP contribution >= 0.6 is 12.4 Å². The molecule has 0 unspecified atom stereocenters. The lowest BCUT2D eigenvalue weighted by atomic mass is 10.0. The zero-order chi connectivity index (χ0) is 21.2. The fourth-order valence-corrected chi connectivity index (χ4v) is 3.58. The number of likely N-dealkylation sites (tertiary alicyclic amines) is 1. The van der Waals surface area contributed by atoms with Crippen molar-refractivity contribution in [3.63, 3.8) is 0 Å². The maximum absolute atomic E-state index is 5.95. The van der Waals surface area contributed by atoms with Crippen molar-refractivity contribution in [2.45, 2.75) is 0 Å². The number of nitrogens with one attached hydrogen (secondary N) is 1. The SMILES string of the molecule is CN1CC(COc2ccc(Oc3ccc4ncnc(Nc5ccn(C)n5)c4c3)nc2)C1.Cl. The molecule has 0 saturated carbocycles. The van der Waals surface area contributed by atoms with Crippen molar-refractivity contribution in [2.75, 3.05) is 32.1 Å². The number of rotatable bonds is 7. The summed E-state index contributed by atoms with van der Waals surface area (Å²) in [6.07, 6.45) is 5.08. The van der Waals surface area contributed by atoms with E-state index in [9.17, 15) is 0 Å². The van der Waals surface area contributed by atoms with E-state index in [-0.39, 0.29) is 12.4 Å². The van der Waals surface area contributed by atoms with Crippen LogP contribution in [0.1, 0.15) is 0 Å². The first kappa shape index (κ1) is 21.8. The number of aryl methyl sites for hydroxylation is 1. The van der Waals surface area contributed by atoms with Crippen molar-refractivity contribution in [2.24, 2.45) is 13.0 Å². The third-order valence-corrected chi connectivity index (χ3v) is 5.12. The first-order valence-corrected chi connectivity index (χ1v) is 10.1. The Bertz CT molecular complexity index is 1190. The fraction of sp³-hybridized carbons (Fsp3) is 0.273. The Hall–Kier alpha value is -3.43. The van der Waals surface area contributed by atoms with Gasteiger partial charge in [0.05, 0.1) is 18.3 Å². The Morgan fingerprint density at radius 3 is 2.59 bits per heavy atom. The maximum Gasteiger partial charge on any atom is 0.219 e. The van der Waals surface area contributed by atoms with Crippen LogP contribution in [0, 0.1) is 5.92 Å². The quantitative estimate of drug-likeness (QED) is 0.453. The van der Waals surface area contributed by atoms with Crippen molar-refractivity contribution in [3.05, 3.63) is 55.1 Å². The minimum absolute atomic E-state index is 0. The molecule has 4 aromatic rings. The normalized spacial score (nSPS) is 13.9. The molecule has 4 heterocycles. The van der Waals surface area contributed by atoms with Gasteiger partial charge in [0.1, 0.15) is 23.6 Å². The molecule has 0 aliphatic carbocycles. The molecule has 0 radical (unpaired) electrons. The molecule has 5 rings (SSSR count). The van der Waals surface area contributed by atoms with Gasteiger partial charge in [-0.3, -0.25) is 4.68 Å². The lowest BCUT2D eigenvalue weighted by Gasteiger charge is -2.35. The summed E-state index contributed by atoms with van der Waals surface area (Å²) in [4.78, 5) is 15.3. The number of hydrogen-bond acceptors (Lipinski definition) is 8. The number of fused-ring (bicyclic) bond motifs is 1. The average Bonchev–Trinajstić information content (AvgIpc) is 3.16. The van der Waals surface area contributed by atoms with Crippen molar-refractivity contribution in [1.29, 1.82) is 0 Å². The number of halogens is 1. The van der Waals surface area contributed by atoms with E-state index in [4.69, 9.17) is 9.47 Å². The first-order chi connectivity index (χ1) is 15.1. The van der Waals surface area contributed by atoms with Crippen molar-refractivity contribution >= 4 is 34.9 Å². The van der Waals surface area contributed by atoms with E-state index in [1.807, 2.05) is 43.6 Å². The molecule has 0 spiro atoms. The lowest BCUT2D eigenvalue weighted by Crippen LogP contribution is -2.46. The summed E-state index contributed by atoms with van der Waals surface area (Å²) >= 11 is 0. The summed E-state index contributed by atoms with van der Waals surface area (Å²) < 4.78 is 13.5. The standard InChI is InChI=1S/C22H23N7O2.ClH/c1-28-11-15(12-28)13-30-17-4-6-21(23-10-17)31-16-3-5-19-18(9-16)22(25-14-24-19)26-20-7-8-29(2)27-20;/h3-10,14-15H,11-13H2,1-2H3,(H,24,25,26,27);1H. The van der Waals surface area contributed by atoms with Crippen LogP contribution in [-0.2, 0) is 7.05 Å². The third-order valence-electron chi connectivity index (χ3n) is 5.12. The van der Waals surface area contributed by atoms with E-state index in [0.717, 1.165) is 29.7 Å². The molecule has 166 valence electrons. The molecule has 1 aliphatic heterocycles. The van der Waals surface area contributed by atoms with Gasteiger partial charge in [-0.25, -0.2) is 15.0 Å². The molecule has 0 bridgehead atoms. The Morgan fingerprint density at radius 2 is 1.88 bits per heavy atom. The highest BCUT2D eigenvalue weighted by molar-refractivity contribution is 5.91. The third kappa shape index (κ3) is 4.90. The van der Waals surface area contributed by atoms with Gasteiger partial charge in [-0.1, -0.05) is 0 Å². The maximum atomic E-state index is 5.95. The van der Waals surface area contributed by atoms with Gasteiger partial charge in [0, 0.05) is 49.8 Å². The Morgan fingerprint density at radius 1 is 1.03 bits per heavy atom. The van der Waals surface area contributed by atoms with E-state index >= 15 is 0 Å². The van der Waals surface area contributed by atoms with Crippen LogP contribution in [0.25, 0.3) is 10.9 Å². The minimum Gasteiger partial charge on any atom is -0.492 e. The molecule has 10 heteroatoms. The van der Waals surface area contributed by atoms with Crippen LogP contribution < -0.4 is 14.8 Å². The summed E-state index contributed by atoms with van der Waals surface area (Å²) in [6, 6.07) is 11.2. The number of benzene rings is 1. The van der Waals surface area contributed by atoms with Gasteiger partial charge in [0.15, 0.2) is 5.82 Å². The van der Waals surface area contributed by atoms with Crippen LogP contribution in [0.15, 0.2) is 55.1 Å². The van der Waals surface area contributed by atoms with Crippen molar-refractivity contribution in [1.82, 2.24) is 29.6 Å². The van der Waals surface area contributed by atoms with Gasteiger partial charge in [-0.05, 0) is 31.3 Å². The van der Waals surface area contributed by atoms with Crippen LogP contribution in [0.4, 0.5) is 11.6 Å². The lowest BCUT2D eigenvalue weighted by molar-refractivity contribution is 0.0856. The first-order valence-electron chi connectivity index (χ1n) is 10.1. The van der Waals surface area contributed by atoms with Crippen LogP contribution in [0.3, 0.4) is 0 Å². The fourth-order valence-electron chi connectivity index (χ4n) is 3.58. The number of aromatic nitrogens is 5. The van der Waals surface area contributed by atoms with E-state index in [2.05, 4.69) is 37.3 Å². The van der Waals surface area contributed by atoms with E-state index in [1.54, 1.807) is 16.9 Å². The second-order valence-corrected chi connectivity index (χ2v) is 7.73. The summed E-state index contributed by atoms with van der Waals surface area (Å²) in [5, 5.41) is 8.40. The van der Waals surface area contributed by atoms with E-state index in [1.165, 1.54) is 6.33 Å². The smallest absolute Gasteiger partial charge is 0.219 e. The summed E-state index contributed by atoms with van der Waals surface area (Å²) in [7, 11) is 3.98. The van der Waals surface area contributed by atoms with Crippen LogP contribution in [-0.4, -0.2) is 56.4 Å². The number of hydrogen-bond donors (Lipinski definition) is 1. The van der Waals surface area contributed by atoms with Gasteiger partial charge in [0.2, 0.25) is 5.88 Å². The number of nitrogens with zero attached hydrogens (tertiary/aromatic N) is 6. The zero-order valence-corrected chi connectivity index (χ0v) is 18.6. The molecule has 3 aromatic heterocycles. The van der Waals surface area contributed by atoms with Gasteiger partial charge in [-0.2, -0.15) is 5.10 Å². The highest BCUT2D eigenvalue weighted by Crippen LogP contribution is 2.29. The van der Waals surface area contributed by atoms with E-state index < -0.39 is 0 Å². The summed E-state index contributed by atoms with van der Waals surface area (Å²) in [5.41, 5.74) is 0.805. The second kappa shape index (κ2) is 9.37. The minimum atomic E-state index is 0. The molecule has 1 aromatic carbocycles. The largest absolute Gasteiger partial charge is 0.492 e. The van der Waals surface area contributed by atoms with Gasteiger partial charge < -0.3 is 19.7 Å². The van der Waals surface area contributed by atoms with Crippen LogP contribution in [0.2, 0.25) is 0 Å². The Balaban J connectivity index is 0.00000245. The van der Waals surface area contributed by atoms with Crippen molar-refractivity contribution in [3.8, 4) is 17.4 Å².